The van der Waals surface area contributed by atoms with E-state index in [2.05, 4.69) is 48.5 Å². The van der Waals surface area contributed by atoms with E-state index in [-0.39, 0.29) is 5.92 Å². The number of halogens is 1. The maximum absolute atomic E-state index is 6.34. The maximum atomic E-state index is 6.34. The molecule has 0 aliphatic heterocycles. The molecule has 1 aliphatic carbocycles. The lowest BCUT2D eigenvalue weighted by atomic mass is 9.93. The monoisotopic (exact) mass is 226 g/mol. The van der Waals surface area contributed by atoms with Gasteiger partial charge in [-0.3, -0.25) is 0 Å². The molecule has 0 radical (unpaired) electrons. The lowest BCUT2D eigenvalue weighted by Crippen LogP contribution is -1.97. The molecule has 1 atom stereocenters. The molecular weight excluding hydrogens is 216 g/mol. The second-order valence-electron chi connectivity index (χ2n) is 4.00. The third kappa shape index (κ3) is 1.46. The van der Waals surface area contributed by atoms with Crippen LogP contribution in [0.3, 0.4) is 0 Å². The third-order valence-electron chi connectivity index (χ3n) is 3.01. The fourth-order valence-electron chi connectivity index (χ4n) is 2.27. The predicted octanol–water partition coefficient (Wildman–Crippen LogP) is 4.41. The minimum absolute atomic E-state index is 0.221. The SMILES string of the molecule is ClC1=Cc2ccccc2C1c1ccccc1. The fourth-order valence-corrected chi connectivity index (χ4v) is 2.63. The molecule has 1 unspecified atom stereocenters. The molecule has 0 nitrogen and oxygen atoms in total. The van der Waals surface area contributed by atoms with Gasteiger partial charge in [0, 0.05) is 11.0 Å². The zero-order valence-corrected chi connectivity index (χ0v) is 9.48. The van der Waals surface area contributed by atoms with E-state index in [1.807, 2.05) is 12.1 Å². The van der Waals surface area contributed by atoms with Gasteiger partial charge in [-0.15, -0.1) is 0 Å². The second-order valence-corrected chi connectivity index (χ2v) is 4.44. The van der Waals surface area contributed by atoms with Crippen LogP contribution in [-0.4, -0.2) is 0 Å². The van der Waals surface area contributed by atoms with E-state index in [0.717, 1.165) is 5.03 Å². The van der Waals surface area contributed by atoms with Gasteiger partial charge in [0.15, 0.2) is 0 Å². The van der Waals surface area contributed by atoms with E-state index in [1.54, 1.807) is 0 Å². The molecule has 1 aliphatic rings. The van der Waals surface area contributed by atoms with Gasteiger partial charge in [0.05, 0.1) is 0 Å². The van der Waals surface area contributed by atoms with Crippen molar-refractivity contribution in [3.05, 3.63) is 76.3 Å². The minimum Gasteiger partial charge on any atom is -0.0881 e. The van der Waals surface area contributed by atoms with Crippen molar-refractivity contribution in [1.29, 1.82) is 0 Å². The van der Waals surface area contributed by atoms with Crippen molar-refractivity contribution in [3.63, 3.8) is 0 Å². The zero-order chi connectivity index (χ0) is 11.0. The molecule has 0 heterocycles. The van der Waals surface area contributed by atoms with Crippen LogP contribution in [0, 0.1) is 0 Å². The molecule has 16 heavy (non-hydrogen) atoms. The summed E-state index contributed by atoms with van der Waals surface area (Å²) in [6, 6.07) is 18.8. The smallest absolute Gasteiger partial charge is 0.0453 e. The van der Waals surface area contributed by atoms with Crippen LogP contribution in [0.4, 0.5) is 0 Å². The van der Waals surface area contributed by atoms with Gasteiger partial charge in [-0.1, -0.05) is 66.2 Å². The van der Waals surface area contributed by atoms with Crippen molar-refractivity contribution >= 4 is 17.7 Å². The van der Waals surface area contributed by atoms with Crippen LogP contribution in [0.2, 0.25) is 0 Å². The predicted molar refractivity (Wildman–Crippen MR) is 68.6 cm³/mol. The normalized spacial score (nSPS) is 18.1. The Morgan fingerprint density at radius 3 is 2.31 bits per heavy atom. The Bertz CT molecular complexity index is 540. The molecule has 0 amide bonds. The van der Waals surface area contributed by atoms with Gasteiger partial charge in [0.1, 0.15) is 0 Å². The highest BCUT2D eigenvalue weighted by Gasteiger charge is 2.24. The largest absolute Gasteiger partial charge is 0.0881 e. The van der Waals surface area contributed by atoms with Crippen LogP contribution in [0.5, 0.6) is 0 Å². The molecule has 0 bridgehead atoms. The van der Waals surface area contributed by atoms with Crippen molar-refractivity contribution in [2.24, 2.45) is 0 Å². The molecule has 0 fully saturated rings. The number of hydrogen-bond donors (Lipinski definition) is 0. The first-order chi connectivity index (χ1) is 7.86. The number of hydrogen-bond acceptors (Lipinski definition) is 0. The van der Waals surface area contributed by atoms with E-state index in [9.17, 15) is 0 Å². The van der Waals surface area contributed by atoms with Crippen LogP contribution in [0.25, 0.3) is 6.08 Å². The van der Waals surface area contributed by atoms with Gasteiger partial charge >= 0.3 is 0 Å². The molecule has 78 valence electrons. The number of allylic oxidation sites excluding steroid dienone is 1. The second kappa shape index (κ2) is 3.80. The quantitative estimate of drug-likeness (QED) is 0.676. The van der Waals surface area contributed by atoms with E-state index in [1.165, 1.54) is 16.7 Å². The Balaban J connectivity index is 2.14. The van der Waals surface area contributed by atoms with Crippen molar-refractivity contribution in [3.8, 4) is 0 Å². The highest BCUT2D eigenvalue weighted by molar-refractivity contribution is 6.33. The van der Waals surface area contributed by atoms with Crippen LogP contribution in [0.1, 0.15) is 22.6 Å². The molecular formula is C15H11Cl. The van der Waals surface area contributed by atoms with E-state index in [0.29, 0.717) is 0 Å². The topological polar surface area (TPSA) is 0 Å². The van der Waals surface area contributed by atoms with Crippen molar-refractivity contribution in [2.75, 3.05) is 0 Å². The van der Waals surface area contributed by atoms with Crippen molar-refractivity contribution in [1.82, 2.24) is 0 Å². The van der Waals surface area contributed by atoms with Crippen molar-refractivity contribution < 1.29 is 0 Å². The van der Waals surface area contributed by atoms with Crippen LogP contribution in [0.15, 0.2) is 59.6 Å². The van der Waals surface area contributed by atoms with Gasteiger partial charge < -0.3 is 0 Å². The third-order valence-corrected chi connectivity index (χ3v) is 3.34. The van der Waals surface area contributed by atoms with E-state index >= 15 is 0 Å². The summed E-state index contributed by atoms with van der Waals surface area (Å²) in [7, 11) is 0. The summed E-state index contributed by atoms with van der Waals surface area (Å²) in [4.78, 5) is 0. The summed E-state index contributed by atoms with van der Waals surface area (Å²) < 4.78 is 0. The zero-order valence-electron chi connectivity index (χ0n) is 8.73. The number of rotatable bonds is 1. The van der Waals surface area contributed by atoms with Crippen molar-refractivity contribution in [2.45, 2.75) is 5.92 Å². The number of fused-ring (bicyclic) bond motifs is 1. The Kier molecular flexibility index (Phi) is 2.30. The molecule has 0 saturated heterocycles. The number of benzene rings is 2. The van der Waals surface area contributed by atoms with Gasteiger partial charge in [-0.25, -0.2) is 0 Å². The van der Waals surface area contributed by atoms with Gasteiger partial charge in [-0.2, -0.15) is 0 Å². The minimum atomic E-state index is 0.221. The summed E-state index contributed by atoms with van der Waals surface area (Å²) in [6.07, 6.45) is 2.06. The molecule has 3 rings (SSSR count). The molecule has 0 N–H and O–H groups in total. The van der Waals surface area contributed by atoms with Crippen LogP contribution >= 0.6 is 11.6 Å². The summed E-state index contributed by atoms with van der Waals surface area (Å²) in [5.74, 6) is 0.221. The molecule has 0 spiro atoms. The molecule has 1 heteroatoms. The highest BCUT2D eigenvalue weighted by Crippen LogP contribution is 2.42. The summed E-state index contributed by atoms with van der Waals surface area (Å²) in [5.41, 5.74) is 3.80. The molecule has 0 aromatic heterocycles. The average molecular weight is 227 g/mol. The van der Waals surface area contributed by atoms with Gasteiger partial charge in [-0.05, 0) is 22.8 Å². The Morgan fingerprint density at radius 1 is 0.812 bits per heavy atom. The molecule has 2 aromatic carbocycles. The average Bonchev–Trinajstić information content (AvgIpc) is 2.66. The first-order valence-corrected chi connectivity index (χ1v) is 5.75. The van der Waals surface area contributed by atoms with Gasteiger partial charge in [0.25, 0.3) is 0 Å². The van der Waals surface area contributed by atoms with Crippen LogP contribution in [-0.2, 0) is 0 Å². The lowest BCUT2D eigenvalue weighted by Gasteiger charge is -2.13. The van der Waals surface area contributed by atoms with Crippen LogP contribution < -0.4 is 0 Å². The van der Waals surface area contributed by atoms with E-state index in [4.69, 9.17) is 11.6 Å². The molecule has 2 aromatic rings. The maximum Gasteiger partial charge on any atom is 0.0453 e. The Labute approximate surface area is 100 Å². The summed E-state index contributed by atoms with van der Waals surface area (Å²) >= 11 is 6.34. The first kappa shape index (κ1) is 9.68. The Morgan fingerprint density at radius 2 is 1.50 bits per heavy atom. The highest BCUT2D eigenvalue weighted by atomic mass is 35.5. The van der Waals surface area contributed by atoms with E-state index < -0.39 is 0 Å². The summed E-state index contributed by atoms with van der Waals surface area (Å²) in [6.45, 7) is 0. The summed E-state index contributed by atoms with van der Waals surface area (Å²) in [5, 5.41) is 0.910. The first-order valence-electron chi connectivity index (χ1n) is 5.37. The standard InChI is InChI=1S/C15H11Cl/c16-14-10-12-8-4-5-9-13(12)15(14)11-6-2-1-3-7-11/h1-10,15H. The fraction of sp³-hybridized carbons (Fsp3) is 0.0667. The van der Waals surface area contributed by atoms with Gasteiger partial charge in [0.2, 0.25) is 0 Å². The lowest BCUT2D eigenvalue weighted by molar-refractivity contribution is 1.03. The molecule has 0 saturated carbocycles. The Hall–Kier alpha value is -1.53.